The average Bonchev–Trinajstić information content (AvgIpc) is 2.46. The molecule has 0 bridgehead atoms. The zero-order valence-corrected chi connectivity index (χ0v) is 12.7. The molecule has 0 aliphatic rings. The number of nitrogens with one attached hydrogen (secondary N) is 1. The Morgan fingerprint density at radius 3 is 2.65 bits per heavy atom. The van der Waals surface area contributed by atoms with E-state index in [1.165, 1.54) is 6.42 Å². The van der Waals surface area contributed by atoms with Crippen LogP contribution in [0.15, 0.2) is 12.1 Å². The van der Waals surface area contributed by atoms with Crippen molar-refractivity contribution >= 4 is 11.5 Å². The average molecular weight is 281 g/mol. The third kappa shape index (κ3) is 6.61. The van der Waals surface area contributed by atoms with Crippen molar-refractivity contribution < 1.29 is 9.47 Å². The highest BCUT2D eigenvalue weighted by Gasteiger charge is 2.03. The van der Waals surface area contributed by atoms with Crippen molar-refractivity contribution in [3.05, 3.63) is 12.1 Å². The summed E-state index contributed by atoms with van der Waals surface area (Å²) in [6.07, 6.45) is 4.20. The molecule has 20 heavy (non-hydrogen) atoms. The fourth-order valence-corrected chi connectivity index (χ4v) is 1.60. The molecule has 5 heteroatoms. The van der Waals surface area contributed by atoms with Crippen LogP contribution in [0.25, 0.3) is 0 Å². The number of anilines is 2. The van der Waals surface area contributed by atoms with Crippen LogP contribution in [0.3, 0.4) is 0 Å². The van der Waals surface area contributed by atoms with Crippen molar-refractivity contribution in [3.63, 3.8) is 0 Å². The van der Waals surface area contributed by atoms with E-state index < -0.39 is 0 Å². The van der Waals surface area contributed by atoms with Crippen LogP contribution >= 0.6 is 0 Å². The van der Waals surface area contributed by atoms with Crippen LogP contribution in [0.5, 0.6) is 5.88 Å². The zero-order valence-electron chi connectivity index (χ0n) is 12.7. The standard InChI is InChI=1S/C15H27N3O2/c1-3-5-11-19-12-6-9-17-14-8-7-13(16)15(18-14)20-10-4-2/h7-8H,3-6,9-12,16H2,1-2H3,(H,17,18). The second-order valence-electron chi connectivity index (χ2n) is 4.69. The first-order valence-electron chi connectivity index (χ1n) is 7.48. The van der Waals surface area contributed by atoms with Gasteiger partial charge >= 0.3 is 0 Å². The molecule has 0 aliphatic carbocycles. The van der Waals surface area contributed by atoms with Crippen LogP contribution in [0.4, 0.5) is 11.5 Å². The van der Waals surface area contributed by atoms with E-state index >= 15 is 0 Å². The Morgan fingerprint density at radius 2 is 1.90 bits per heavy atom. The van der Waals surface area contributed by atoms with E-state index in [1.54, 1.807) is 0 Å². The van der Waals surface area contributed by atoms with E-state index in [2.05, 4.69) is 24.1 Å². The second kappa shape index (κ2) is 10.3. The van der Waals surface area contributed by atoms with Gasteiger partial charge in [0.25, 0.3) is 0 Å². The maximum Gasteiger partial charge on any atom is 0.239 e. The van der Waals surface area contributed by atoms with Gasteiger partial charge in [0.2, 0.25) is 5.88 Å². The number of hydrogen-bond acceptors (Lipinski definition) is 5. The Bertz CT molecular complexity index is 372. The largest absolute Gasteiger partial charge is 0.476 e. The summed E-state index contributed by atoms with van der Waals surface area (Å²) in [4.78, 5) is 4.36. The maximum atomic E-state index is 5.82. The predicted molar refractivity (Wildman–Crippen MR) is 83.3 cm³/mol. The Kier molecular flexibility index (Phi) is 8.54. The topological polar surface area (TPSA) is 69.4 Å². The number of aromatic nitrogens is 1. The molecular formula is C15H27N3O2. The van der Waals surface area contributed by atoms with Crippen molar-refractivity contribution in [2.24, 2.45) is 0 Å². The quantitative estimate of drug-likeness (QED) is 0.610. The second-order valence-corrected chi connectivity index (χ2v) is 4.69. The van der Waals surface area contributed by atoms with Gasteiger partial charge in [-0.25, -0.2) is 0 Å². The molecule has 1 heterocycles. The third-order valence-electron chi connectivity index (χ3n) is 2.75. The summed E-state index contributed by atoms with van der Waals surface area (Å²) < 4.78 is 11.0. The molecule has 0 atom stereocenters. The molecule has 1 aromatic rings. The molecule has 0 aliphatic heterocycles. The van der Waals surface area contributed by atoms with Crippen molar-refractivity contribution in [2.75, 3.05) is 37.4 Å². The fraction of sp³-hybridized carbons (Fsp3) is 0.667. The Labute approximate surface area is 121 Å². The number of nitrogens with two attached hydrogens (primary N) is 1. The summed E-state index contributed by atoms with van der Waals surface area (Å²) in [6, 6.07) is 3.68. The van der Waals surface area contributed by atoms with Crippen molar-refractivity contribution in [1.82, 2.24) is 4.98 Å². The molecule has 3 N–H and O–H groups in total. The summed E-state index contributed by atoms with van der Waals surface area (Å²) in [7, 11) is 0. The molecule has 0 saturated heterocycles. The van der Waals surface area contributed by atoms with Crippen LogP contribution in [-0.2, 0) is 4.74 Å². The third-order valence-corrected chi connectivity index (χ3v) is 2.75. The molecule has 0 radical (unpaired) electrons. The van der Waals surface area contributed by atoms with Gasteiger partial charge in [0, 0.05) is 19.8 Å². The number of nitrogen functional groups attached to an aromatic ring is 1. The van der Waals surface area contributed by atoms with Gasteiger partial charge in [-0.2, -0.15) is 4.98 Å². The molecule has 1 rings (SSSR count). The number of rotatable bonds is 11. The van der Waals surface area contributed by atoms with Crippen LogP contribution in [-0.4, -0.2) is 31.3 Å². The van der Waals surface area contributed by atoms with Gasteiger partial charge in [-0.05, 0) is 31.4 Å². The summed E-state index contributed by atoms with van der Waals surface area (Å²) in [5, 5.41) is 3.25. The van der Waals surface area contributed by atoms with Crippen LogP contribution in [0.1, 0.15) is 39.5 Å². The smallest absolute Gasteiger partial charge is 0.239 e. The molecule has 0 spiro atoms. The first kappa shape index (κ1) is 16.6. The number of nitrogens with zero attached hydrogens (tertiary/aromatic N) is 1. The van der Waals surface area contributed by atoms with E-state index in [4.69, 9.17) is 15.2 Å². The number of unbranched alkanes of at least 4 members (excludes halogenated alkanes) is 1. The molecule has 0 aromatic carbocycles. The van der Waals surface area contributed by atoms with Crippen molar-refractivity contribution in [1.29, 1.82) is 0 Å². The molecule has 1 aromatic heterocycles. The summed E-state index contributed by atoms with van der Waals surface area (Å²) >= 11 is 0. The van der Waals surface area contributed by atoms with E-state index in [-0.39, 0.29) is 0 Å². The van der Waals surface area contributed by atoms with Crippen LogP contribution in [0.2, 0.25) is 0 Å². The first-order valence-corrected chi connectivity index (χ1v) is 7.48. The van der Waals surface area contributed by atoms with Gasteiger partial charge in [-0.15, -0.1) is 0 Å². The minimum absolute atomic E-state index is 0.510. The van der Waals surface area contributed by atoms with Crippen LogP contribution < -0.4 is 15.8 Å². The first-order chi connectivity index (χ1) is 9.77. The lowest BCUT2D eigenvalue weighted by atomic mass is 10.3. The highest BCUT2D eigenvalue weighted by Crippen LogP contribution is 2.20. The normalized spacial score (nSPS) is 10.5. The minimum Gasteiger partial charge on any atom is -0.476 e. The Morgan fingerprint density at radius 1 is 1.10 bits per heavy atom. The van der Waals surface area contributed by atoms with Crippen LogP contribution in [0, 0.1) is 0 Å². The predicted octanol–water partition coefficient (Wildman–Crippen LogP) is 3.07. The molecule has 114 valence electrons. The number of ether oxygens (including phenoxy) is 2. The Hall–Kier alpha value is -1.49. The highest BCUT2D eigenvalue weighted by atomic mass is 16.5. The van der Waals surface area contributed by atoms with E-state index in [1.807, 2.05) is 12.1 Å². The summed E-state index contributed by atoms with van der Waals surface area (Å²) in [6.45, 7) is 7.31. The SMILES string of the molecule is CCCCOCCCNc1ccc(N)c(OCCC)n1. The number of pyridine rings is 1. The molecule has 0 fully saturated rings. The molecule has 5 nitrogen and oxygen atoms in total. The van der Waals surface area contributed by atoms with E-state index in [0.717, 1.165) is 44.8 Å². The minimum atomic E-state index is 0.510. The summed E-state index contributed by atoms with van der Waals surface area (Å²) in [5.74, 6) is 1.30. The van der Waals surface area contributed by atoms with Crippen molar-refractivity contribution in [3.8, 4) is 5.88 Å². The number of hydrogen-bond donors (Lipinski definition) is 2. The zero-order chi connectivity index (χ0) is 14.6. The lowest BCUT2D eigenvalue weighted by molar-refractivity contribution is 0.131. The fourth-order valence-electron chi connectivity index (χ4n) is 1.60. The molecule has 0 amide bonds. The maximum absolute atomic E-state index is 5.82. The lowest BCUT2D eigenvalue weighted by Crippen LogP contribution is -2.09. The lowest BCUT2D eigenvalue weighted by Gasteiger charge is -2.10. The van der Waals surface area contributed by atoms with Gasteiger partial charge in [0.15, 0.2) is 0 Å². The Balaban J connectivity index is 2.26. The highest BCUT2D eigenvalue weighted by molar-refractivity contribution is 5.53. The van der Waals surface area contributed by atoms with E-state index in [9.17, 15) is 0 Å². The molecular weight excluding hydrogens is 254 g/mol. The molecule has 0 saturated carbocycles. The molecule has 0 unspecified atom stereocenters. The van der Waals surface area contributed by atoms with E-state index in [0.29, 0.717) is 18.2 Å². The van der Waals surface area contributed by atoms with Crippen molar-refractivity contribution in [2.45, 2.75) is 39.5 Å². The van der Waals surface area contributed by atoms with Gasteiger partial charge < -0.3 is 20.5 Å². The van der Waals surface area contributed by atoms with Gasteiger partial charge in [-0.3, -0.25) is 0 Å². The van der Waals surface area contributed by atoms with Gasteiger partial charge in [0.05, 0.1) is 12.3 Å². The summed E-state index contributed by atoms with van der Waals surface area (Å²) in [5.41, 5.74) is 6.39. The monoisotopic (exact) mass is 281 g/mol. The van der Waals surface area contributed by atoms with Gasteiger partial charge in [0.1, 0.15) is 5.82 Å². The van der Waals surface area contributed by atoms with Gasteiger partial charge in [-0.1, -0.05) is 20.3 Å².